The molecule has 0 aliphatic carbocycles. The molecular formula is C28H28N2O5. The van der Waals surface area contributed by atoms with Gasteiger partial charge < -0.3 is 14.8 Å². The fourth-order valence-corrected chi connectivity index (χ4v) is 3.93. The van der Waals surface area contributed by atoms with E-state index in [0.29, 0.717) is 43.2 Å². The van der Waals surface area contributed by atoms with Crippen molar-refractivity contribution in [2.24, 2.45) is 0 Å². The second-order valence-electron chi connectivity index (χ2n) is 8.17. The van der Waals surface area contributed by atoms with E-state index >= 15 is 0 Å². The highest BCUT2D eigenvalue weighted by Gasteiger charge is 2.37. The summed E-state index contributed by atoms with van der Waals surface area (Å²) in [6.45, 7) is 5.34. The molecule has 0 aromatic heterocycles. The molecule has 35 heavy (non-hydrogen) atoms. The van der Waals surface area contributed by atoms with Gasteiger partial charge in [-0.05, 0) is 68.3 Å². The average molecular weight is 473 g/mol. The van der Waals surface area contributed by atoms with E-state index in [2.05, 4.69) is 5.32 Å². The first-order valence-electron chi connectivity index (χ1n) is 11.7. The summed E-state index contributed by atoms with van der Waals surface area (Å²) in [5, 5.41) is 2.85. The number of hydrogen-bond acceptors (Lipinski definition) is 5. The van der Waals surface area contributed by atoms with Crippen LogP contribution in [-0.4, -0.2) is 37.5 Å². The number of carbonyl (C=O) groups excluding carboxylic acids is 3. The van der Waals surface area contributed by atoms with E-state index < -0.39 is 11.8 Å². The van der Waals surface area contributed by atoms with Crippen molar-refractivity contribution in [2.45, 2.75) is 26.4 Å². The molecule has 7 nitrogen and oxygen atoms in total. The SMILES string of the molecule is CCOc1ccc(N2C(=O)c3ccc(C(=O)NCCCOC(C)c4ccccc4)cc3C2=O)cc1. The van der Waals surface area contributed by atoms with Crippen molar-refractivity contribution in [3.63, 3.8) is 0 Å². The van der Waals surface area contributed by atoms with Crippen molar-refractivity contribution in [1.82, 2.24) is 5.32 Å². The van der Waals surface area contributed by atoms with Crippen LogP contribution < -0.4 is 15.0 Å². The number of imide groups is 1. The molecule has 0 radical (unpaired) electrons. The van der Waals surface area contributed by atoms with Gasteiger partial charge in [-0.1, -0.05) is 30.3 Å². The lowest BCUT2D eigenvalue weighted by Crippen LogP contribution is -2.29. The molecule has 0 spiro atoms. The van der Waals surface area contributed by atoms with Crippen LogP contribution in [0.2, 0.25) is 0 Å². The van der Waals surface area contributed by atoms with Gasteiger partial charge in [0, 0.05) is 18.7 Å². The third-order valence-electron chi connectivity index (χ3n) is 5.80. The number of amides is 3. The number of fused-ring (bicyclic) bond motifs is 1. The van der Waals surface area contributed by atoms with Crippen LogP contribution in [0.5, 0.6) is 5.75 Å². The smallest absolute Gasteiger partial charge is 0.266 e. The van der Waals surface area contributed by atoms with E-state index in [1.54, 1.807) is 30.3 Å². The van der Waals surface area contributed by atoms with Crippen molar-refractivity contribution in [2.75, 3.05) is 24.7 Å². The summed E-state index contributed by atoms with van der Waals surface area (Å²) in [6, 6.07) is 21.3. The second-order valence-corrected chi connectivity index (χ2v) is 8.17. The van der Waals surface area contributed by atoms with Crippen LogP contribution in [0, 0.1) is 0 Å². The molecule has 7 heteroatoms. The largest absolute Gasteiger partial charge is 0.494 e. The second kappa shape index (κ2) is 11.0. The van der Waals surface area contributed by atoms with Crippen LogP contribution in [0.1, 0.15) is 63.0 Å². The third-order valence-corrected chi connectivity index (χ3v) is 5.80. The Bertz CT molecular complexity index is 1210. The van der Waals surface area contributed by atoms with Gasteiger partial charge in [-0.15, -0.1) is 0 Å². The summed E-state index contributed by atoms with van der Waals surface area (Å²) < 4.78 is 11.2. The Kier molecular flexibility index (Phi) is 7.57. The third kappa shape index (κ3) is 5.41. The zero-order valence-electron chi connectivity index (χ0n) is 19.8. The number of nitrogens with zero attached hydrogens (tertiary/aromatic N) is 1. The molecule has 1 heterocycles. The minimum atomic E-state index is -0.452. The van der Waals surface area contributed by atoms with Crippen LogP contribution in [0.15, 0.2) is 72.8 Å². The summed E-state index contributed by atoms with van der Waals surface area (Å²) in [7, 11) is 0. The van der Waals surface area contributed by atoms with E-state index in [-0.39, 0.29) is 23.1 Å². The van der Waals surface area contributed by atoms with E-state index in [9.17, 15) is 14.4 Å². The zero-order valence-corrected chi connectivity index (χ0v) is 19.8. The molecular weight excluding hydrogens is 444 g/mol. The predicted molar refractivity (Wildman–Crippen MR) is 133 cm³/mol. The molecule has 1 aliphatic rings. The normalized spacial score (nSPS) is 13.5. The molecule has 3 aromatic carbocycles. The summed E-state index contributed by atoms with van der Waals surface area (Å²) in [6.07, 6.45) is 0.627. The van der Waals surface area contributed by atoms with Gasteiger partial charge in [0.15, 0.2) is 0 Å². The van der Waals surface area contributed by atoms with Crippen molar-refractivity contribution in [3.05, 3.63) is 95.1 Å². The summed E-state index contributed by atoms with van der Waals surface area (Å²) >= 11 is 0. The molecule has 3 amide bonds. The van der Waals surface area contributed by atoms with Crippen molar-refractivity contribution in [3.8, 4) is 5.75 Å². The van der Waals surface area contributed by atoms with Crippen LogP contribution in [0.3, 0.4) is 0 Å². The lowest BCUT2D eigenvalue weighted by molar-refractivity contribution is 0.0635. The fourth-order valence-electron chi connectivity index (χ4n) is 3.93. The van der Waals surface area contributed by atoms with E-state index in [0.717, 1.165) is 10.5 Å². The van der Waals surface area contributed by atoms with Gasteiger partial charge in [0.05, 0.1) is 29.5 Å². The number of hydrogen-bond donors (Lipinski definition) is 1. The van der Waals surface area contributed by atoms with Crippen molar-refractivity contribution < 1.29 is 23.9 Å². The number of rotatable bonds is 10. The molecule has 0 saturated heterocycles. The van der Waals surface area contributed by atoms with E-state index in [1.165, 1.54) is 12.1 Å². The molecule has 0 fully saturated rings. The number of ether oxygens (including phenoxy) is 2. The highest BCUT2D eigenvalue weighted by molar-refractivity contribution is 6.34. The first-order valence-corrected chi connectivity index (χ1v) is 11.7. The predicted octanol–water partition coefficient (Wildman–Crippen LogP) is 4.78. The molecule has 4 rings (SSSR count). The molecule has 1 aliphatic heterocycles. The maximum atomic E-state index is 13.0. The van der Waals surface area contributed by atoms with Crippen LogP contribution in [0.25, 0.3) is 0 Å². The standard InChI is InChI=1S/C28H28N2O5/c1-3-34-23-13-11-22(12-14-23)30-27(32)24-15-10-21(18-25(24)28(30)33)26(31)29-16-7-17-35-19(2)20-8-5-4-6-9-20/h4-6,8-15,18-19H,3,7,16-17H2,1-2H3,(H,29,31). The van der Waals surface area contributed by atoms with Gasteiger partial charge in [0.25, 0.3) is 17.7 Å². The summed E-state index contributed by atoms with van der Waals surface area (Å²) in [5.74, 6) is -0.506. The molecule has 0 saturated carbocycles. The Morgan fingerprint density at radius 2 is 1.66 bits per heavy atom. The van der Waals surface area contributed by atoms with Gasteiger partial charge >= 0.3 is 0 Å². The lowest BCUT2D eigenvalue weighted by atomic mass is 10.1. The van der Waals surface area contributed by atoms with Gasteiger partial charge in [-0.3, -0.25) is 14.4 Å². The highest BCUT2D eigenvalue weighted by Crippen LogP contribution is 2.30. The maximum absolute atomic E-state index is 13.0. The van der Waals surface area contributed by atoms with Crippen molar-refractivity contribution >= 4 is 23.4 Å². The van der Waals surface area contributed by atoms with Gasteiger partial charge in [-0.25, -0.2) is 4.90 Å². The summed E-state index contributed by atoms with van der Waals surface area (Å²) in [4.78, 5) is 39.6. The zero-order chi connectivity index (χ0) is 24.8. The highest BCUT2D eigenvalue weighted by atomic mass is 16.5. The first-order chi connectivity index (χ1) is 17.0. The maximum Gasteiger partial charge on any atom is 0.266 e. The number of benzene rings is 3. The minimum absolute atomic E-state index is 0.0227. The van der Waals surface area contributed by atoms with Gasteiger partial charge in [0.1, 0.15) is 5.75 Å². The topological polar surface area (TPSA) is 84.9 Å². The molecule has 1 unspecified atom stereocenters. The molecule has 0 bridgehead atoms. The molecule has 1 atom stereocenters. The Hall–Kier alpha value is -3.97. The Morgan fingerprint density at radius 3 is 2.37 bits per heavy atom. The fraction of sp³-hybridized carbons (Fsp3) is 0.250. The molecule has 3 aromatic rings. The Morgan fingerprint density at radius 1 is 0.943 bits per heavy atom. The van der Waals surface area contributed by atoms with Crippen LogP contribution in [0.4, 0.5) is 5.69 Å². The van der Waals surface area contributed by atoms with Gasteiger partial charge in [-0.2, -0.15) is 0 Å². The number of nitrogens with one attached hydrogen (secondary N) is 1. The average Bonchev–Trinajstić information content (AvgIpc) is 3.14. The molecule has 1 N–H and O–H groups in total. The van der Waals surface area contributed by atoms with Crippen molar-refractivity contribution in [1.29, 1.82) is 0 Å². The Balaban J connectivity index is 1.33. The van der Waals surface area contributed by atoms with Crippen LogP contribution >= 0.6 is 0 Å². The summed E-state index contributed by atoms with van der Waals surface area (Å²) in [5.41, 5.74) is 2.39. The molecule has 180 valence electrons. The monoisotopic (exact) mass is 472 g/mol. The lowest BCUT2D eigenvalue weighted by Gasteiger charge is -2.14. The quantitative estimate of drug-likeness (QED) is 0.339. The Labute approximate surface area is 204 Å². The minimum Gasteiger partial charge on any atom is -0.494 e. The van der Waals surface area contributed by atoms with E-state index in [4.69, 9.17) is 9.47 Å². The van der Waals surface area contributed by atoms with Gasteiger partial charge in [0.2, 0.25) is 0 Å². The first kappa shape index (κ1) is 24.2. The van der Waals surface area contributed by atoms with Crippen LogP contribution in [-0.2, 0) is 4.74 Å². The number of anilines is 1. The van der Waals surface area contributed by atoms with E-state index in [1.807, 2.05) is 44.2 Å². The number of carbonyl (C=O) groups is 3.